The molecule has 6 heteroatoms. The topological polar surface area (TPSA) is 72.8 Å². The zero-order chi connectivity index (χ0) is 15.2. The highest BCUT2D eigenvalue weighted by Gasteiger charge is 2.13. The molecule has 20 heavy (non-hydrogen) atoms. The third kappa shape index (κ3) is 5.99. The number of carboxylic acids is 1. The summed E-state index contributed by atoms with van der Waals surface area (Å²) in [5.41, 5.74) is 0.441. The third-order valence-corrected chi connectivity index (χ3v) is 4.34. The van der Waals surface area contributed by atoms with Crippen LogP contribution in [-0.2, 0) is 9.47 Å². The molecule has 0 aliphatic rings. The van der Waals surface area contributed by atoms with Gasteiger partial charge in [0.05, 0.1) is 11.1 Å². The van der Waals surface area contributed by atoms with E-state index in [0.717, 1.165) is 6.04 Å². The summed E-state index contributed by atoms with van der Waals surface area (Å²) in [6, 6.07) is 6.59. The molecule has 0 spiro atoms. The van der Waals surface area contributed by atoms with Crippen LogP contribution in [0.15, 0.2) is 24.3 Å². The molecule has 5 nitrogen and oxygen atoms in total. The number of hydrogen-bond acceptors (Lipinski definition) is 4. The van der Waals surface area contributed by atoms with Crippen molar-refractivity contribution in [1.82, 2.24) is 0 Å². The number of aromatic carboxylic acids is 1. The summed E-state index contributed by atoms with van der Waals surface area (Å²) in [5.74, 6) is -1.55. The first-order valence-corrected chi connectivity index (χ1v) is 10.1. The predicted molar refractivity (Wildman–Crippen MR) is 77.8 cm³/mol. The van der Waals surface area contributed by atoms with Crippen LogP contribution in [0.25, 0.3) is 0 Å². The second kappa shape index (κ2) is 7.21. The number of carboxylic acid groups (broad SMARTS) is 1. The number of rotatable bonds is 7. The summed E-state index contributed by atoms with van der Waals surface area (Å²) in [6.45, 7) is 7.23. The molecule has 1 N–H and O–H groups in total. The van der Waals surface area contributed by atoms with Crippen LogP contribution >= 0.6 is 0 Å². The zero-order valence-corrected chi connectivity index (χ0v) is 13.0. The lowest BCUT2D eigenvalue weighted by molar-refractivity contribution is -0.0276. The Labute approximate surface area is 119 Å². The Bertz CT molecular complexity index is 461. The number of hydrogen-bond donors (Lipinski definition) is 1. The monoisotopic (exact) mass is 296 g/mol. The average Bonchev–Trinajstić information content (AvgIpc) is 2.37. The van der Waals surface area contributed by atoms with E-state index in [1.54, 1.807) is 0 Å². The normalized spacial score (nSPS) is 11.2. The molecule has 0 aliphatic heterocycles. The minimum atomic E-state index is -1.14. The predicted octanol–water partition coefficient (Wildman–Crippen LogP) is 2.85. The molecule has 0 aromatic heterocycles. The molecule has 0 heterocycles. The van der Waals surface area contributed by atoms with Gasteiger partial charge in [0, 0.05) is 14.7 Å². The second-order valence-electron chi connectivity index (χ2n) is 5.65. The Morgan fingerprint density at radius 2 is 1.65 bits per heavy atom. The largest absolute Gasteiger partial charge is 0.478 e. The molecule has 1 aromatic carbocycles. The molecular formula is C14H20O5Si. The van der Waals surface area contributed by atoms with E-state index >= 15 is 0 Å². The highest BCUT2D eigenvalue weighted by atomic mass is 28.3. The van der Waals surface area contributed by atoms with Gasteiger partial charge in [-0.2, -0.15) is 0 Å². The van der Waals surface area contributed by atoms with Crippen molar-refractivity contribution in [1.29, 1.82) is 0 Å². The first kappa shape index (κ1) is 16.4. The molecule has 0 atom stereocenters. The van der Waals surface area contributed by atoms with Crippen molar-refractivity contribution in [3.8, 4) is 0 Å². The molecule has 0 fully saturated rings. The van der Waals surface area contributed by atoms with E-state index < -0.39 is 20.0 Å². The van der Waals surface area contributed by atoms with Crippen molar-refractivity contribution in [2.75, 3.05) is 13.4 Å². The molecule has 110 valence electrons. The van der Waals surface area contributed by atoms with Gasteiger partial charge in [-0.3, -0.25) is 0 Å². The van der Waals surface area contributed by atoms with E-state index in [1.807, 2.05) is 0 Å². The van der Waals surface area contributed by atoms with Crippen LogP contribution in [0.4, 0.5) is 0 Å². The van der Waals surface area contributed by atoms with Crippen LogP contribution < -0.4 is 0 Å². The summed E-state index contributed by atoms with van der Waals surface area (Å²) in [6.07, 6.45) is 0. The van der Waals surface area contributed by atoms with E-state index in [1.165, 1.54) is 24.3 Å². The molecule has 0 unspecified atom stereocenters. The van der Waals surface area contributed by atoms with Gasteiger partial charge in [-0.15, -0.1) is 0 Å². The van der Waals surface area contributed by atoms with Gasteiger partial charge in [0.1, 0.15) is 0 Å². The number of ether oxygens (including phenoxy) is 2. The highest BCUT2D eigenvalue weighted by Crippen LogP contribution is 2.08. The van der Waals surface area contributed by atoms with Crippen molar-refractivity contribution in [3.63, 3.8) is 0 Å². The number of esters is 1. The van der Waals surface area contributed by atoms with Crippen LogP contribution in [0.1, 0.15) is 20.7 Å². The van der Waals surface area contributed by atoms with Gasteiger partial charge < -0.3 is 14.6 Å². The van der Waals surface area contributed by atoms with Crippen molar-refractivity contribution >= 4 is 20.0 Å². The van der Waals surface area contributed by atoms with Crippen molar-refractivity contribution in [2.45, 2.75) is 25.7 Å². The molecule has 0 saturated heterocycles. The van der Waals surface area contributed by atoms with E-state index in [-0.39, 0.29) is 12.4 Å². The Balaban J connectivity index is 2.34. The summed E-state index contributed by atoms with van der Waals surface area (Å²) >= 11 is 0. The Kier molecular flexibility index (Phi) is 5.91. The summed E-state index contributed by atoms with van der Waals surface area (Å²) in [5, 5.41) is 8.75. The smallest absolute Gasteiger partial charge is 0.340 e. The average molecular weight is 296 g/mol. The Morgan fingerprint density at radius 1 is 1.10 bits per heavy atom. The quantitative estimate of drug-likeness (QED) is 0.362. The molecule has 0 aliphatic carbocycles. The molecule has 0 amide bonds. The van der Waals surface area contributed by atoms with E-state index in [2.05, 4.69) is 19.6 Å². The van der Waals surface area contributed by atoms with Gasteiger partial charge in [-0.25, -0.2) is 9.59 Å². The van der Waals surface area contributed by atoms with E-state index in [4.69, 9.17) is 14.6 Å². The number of benzene rings is 1. The van der Waals surface area contributed by atoms with Gasteiger partial charge in [-0.1, -0.05) is 19.6 Å². The van der Waals surface area contributed by atoms with Gasteiger partial charge in [0.2, 0.25) is 0 Å². The third-order valence-electron chi connectivity index (χ3n) is 2.64. The Morgan fingerprint density at radius 3 is 2.15 bits per heavy atom. The fourth-order valence-electron chi connectivity index (χ4n) is 1.36. The van der Waals surface area contributed by atoms with E-state index in [0.29, 0.717) is 12.2 Å². The first-order chi connectivity index (χ1) is 9.29. The van der Waals surface area contributed by atoms with Gasteiger partial charge in [-0.05, 0) is 30.3 Å². The van der Waals surface area contributed by atoms with Gasteiger partial charge in [0.15, 0.2) is 6.79 Å². The van der Waals surface area contributed by atoms with Crippen LogP contribution in [0.3, 0.4) is 0 Å². The number of carbonyl (C=O) groups excluding carboxylic acids is 1. The fourth-order valence-corrected chi connectivity index (χ4v) is 2.12. The van der Waals surface area contributed by atoms with Crippen molar-refractivity contribution < 1.29 is 24.2 Å². The molecule has 1 aromatic rings. The van der Waals surface area contributed by atoms with Crippen LogP contribution in [-0.4, -0.2) is 38.5 Å². The fraction of sp³-hybridized carbons (Fsp3) is 0.429. The maximum absolute atomic E-state index is 11.6. The van der Waals surface area contributed by atoms with Crippen LogP contribution in [0.2, 0.25) is 25.7 Å². The maximum atomic E-state index is 11.6. The summed E-state index contributed by atoms with van der Waals surface area (Å²) in [4.78, 5) is 22.3. The second-order valence-corrected chi connectivity index (χ2v) is 11.3. The van der Waals surface area contributed by atoms with Crippen LogP contribution in [0.5, 0.6) is 0 Å². The summed E-state index contributed by atoms with van der Waals surface area (Å²) < 4.78 is 10.2. The lowest BCUT2D eigenvalue weighted by atomic mass is 10.1. The zero-order valence-electron chi connectivity index (χ0n) is 12.0. The minimum absolute atomic E-state index is 0.0794. The highest BCUT2D eigenvalue weighted by molar-refractivity contribution is 6.76. The Hall–Kier alpha value is -1.66. The van der Waals surface area contributed by atoms with E-state index in [9.17, 15) is 9.59 Å². The lowest BCUT2D eigenvalue weighted by Crippen LogP contribution is -2.22. The van der Waals surface area contributed by atoms with Gasteiger partial charge >= 0.3 is 11.9 Å². The SMILES string of the molecule is C[Si](C)(C)CCOCOC(=O)c1ccc(C(=O)O)cc1. The first-order valence-electron chi connectivity index (χ1n) is 6.38. The van der Waals surface area contributed by atoms with Crippen LogP contribution in [0, 0.1) is 0 Å². The van der Waals surface area contributed by atoms with Crippen molar-refractivity contribution in [3.05, 3.63) is 35.4 Å². The number of carbonyl (C=O) groups is 2. The standard InChI is InChI=1S/C14H20O5Si/c1-20(2,3)9-8-18-10-19-14(17)12-6-4-11(5-7-12)13(15)16/h4-7H,8-10H2,1-3H3,(H,15,16). The molecule has 0 bridgehead atoms. The molecule has 0 radical (unpaired) electrons. The maximum Gasteiger partial charge on any atom is 0.340 e. The van der Waals surface area contributed by atoms with Gasteiger partial charge in [0.25, 0.3) is 0 Å². The molecule has 0 saturated carbocycles. The summed E-state index contributed by atoms with van der Waals surface area (Å²) in [7, 11) is -1.14. The minimum Gasteiger partial charge on any atom is -0.478 e. The van der Waals surface area contributed by atoms with Crippen molar-refractivity contribution in [2.24, 2.45) is 0 Å². The molecule has 1 rings (SSSR count). The lowest BCUT2D eigenvalue weighted by Gasteiger charge is -2.15. The molecular weight excluding hydrogens is 276 g/mol.